The van der Waals surface area contributed by atoms with Gasteiger partial charge in [0.1, 0.15) is 28.9 Å². The molecule has 1 unspecified atom stereocenters. The molecule has 0 bridgehead atoms. The molecule has 1 aliphatic rings. The second-order valence-corrected chi connectivity index (χ2v) is 7.62. The van der Waals surface area contributed by atoms with E-state index in [1.54, 1.807) is 24.3 Å². The second kappa shape index (κ2) is 9.96. The minimum atomic E-state index is -0.624. The van der Waals surface area contributed by atoms with E-state index >= 15 is 0 Å². The van der Waals surface area contributed by atoms with Crippen molar-refractivity contribution in [3.63, 3.8) is 0 Å². The van der Waals surface area contributed by atoms with Crippen molar-refractivity contribution < 1.29 is 23.4 Å². The summed E-state index contributed by atoms with van der Waals surface area (Å²) in [5.74, 6) is 0.462. The van der Waals surface area contributed by atoms with E-state index in [4.69, 9.17) is 24.4 Å². The first kappa shape index (κ1) is 22.0. The summed E-state index contributed by atoms with van der Waals surface area (Å²) in [6, 6.07) is 17.9. The van der Waals surface area contributed by atoms with E-state index in [-0.39, 0.29) is 17.4 Å². The van der Waals surface area contributed by atoms with Crippen LogP contribution in [0.25, 0.3) is 0 Å². The van der Waals surface area contributed by atoms with Crippen molar-refractivity contribution in [3.8, 4) is 23.3 Å². The van der Waals surface area contributed by atoms with Gasteiger partial charge in [0.25, 0.3) is 0 Å². The quantitative estimate of drug-likeness (QED) is 0.286. The summed E-state index contributed by atoms with van der Waals surface area (Å²) < 4.78 is 22.1. The van der Waals surface area contributed by atoms with Gasteiger partial charge >= 0.3 is 5.97 Å². The Morgan fingerprint density at radius 3 is 2.76 bits per heavy atom. The largest absolute Gasteiger partial charge is 0.494 e. The third-order valence-corrected chi connectivity index (χ3v) is 5.33. The first-order valence-electron chi connectivity index (χ1n) is 10.8. The van der Waals surface area contributed by atoms with Crippen LogP contribution in [0.15, 0.2) is 76.7 Å². The Bertz CT molecular complexity index is 1210. The predicted molar refractivity (Wildman–Crippen MR) is 121 cm³/mol. The van der Waals surface area contributed by atoms with Crippen LogP contribution in [-0.4, -0.2) is 12.6 Å². The van der Waals surface area contributed by atoms with Gasteiger partial charge in [0.05, 0.1) is 18.8 Å². The maximum atomic E-state index is 12.2. The topological polar surface area (TPSA) is 108 Å². The van der Waals surface area contributed by atoms with Crippen molar-refractivity contribution in [2.75, 3.05) is 6.61 Å². The summed E-state index contributed by atoms with van der Waals surface area (Å²) >= 11 is 0. The number of unbranched alkanes of at least 4 members (excludes halogenated alkanes) is 2. The number of fused-ring (bicyclic) bond motifs is 1. The molecule has 7 nitrogen and oxygen atoms in total. The highest BCUT2D eigenvalue weighted by Gasteiger charge is 2.31. The number of furan rings is 1. The Morgan fingerprint density at radius 2 is 2.00 bits per heavy atom. The Morgan fingerprint density at radius 1 is 1.12 bits per heavy atom. The molecular formula is C26H24N2O5. The Labute approximate surface area is 192 Å². The molecule has 3 aromatic rings. The average Bonchev–Trinajstić information content (AvgIpc) is 3.36. The third-order valence-electron chi connectivity index (χ3n) is 5.33. The monoisotopic (exact) mass is 444 g/mol. The van der Waals surface area contributed by atoms with Gasteiger partial charge < -0.3 is 24.4 Å². The molecule has 1 atom stereocenters. The third kappa shape index (κ3) is 4.85. The van der Waals surface area contributed by atoms with E-state index in [9.17, 15) is 10.1 Å². The number of hydrogen-bond donors (Lipinski definition) is 1. The SMILES string of the molecule is CCCCCOc1cccc(C2C(C#N)=C(N)Oc3cc(OC(=O)c4ccco4)ccc32)c1. The number of carbonyl (C=O) groups excluding carboxylic acids is 1. The lowest BCUT2D eigenvalue weighted by atomic mass is 9.83. The van der Waals surface area contributed by atoms with Gasteiger partial charge in [0.2, 0.25) is 11.6 Å². The van der Waals surface area contributed by atoms with Crippen molar-refractivity contribution in [1.82, 2.24) is 0 Å². The van der Waals surface area contributed by atoms with Gasteiger partial charge in [-0.05, 0) is 42.3 Å². The summed E-state index contributed by atoms with van der Waals surface area (Å²) in [5, 5.41) is 9.79. The molecule has 0 fully saturated rings. The standard InChI is InChI=1S/C26H24N2O5/c1-2-3-4-12-30-18-8-5-7-17(14-18)24-20-11-10-19(32-26(29)22-9-6-13-31-22)15-23(20)33-25(28)21(24)16-27/h5-11,13-15,24H,2-4,12,28H2,1H3. The van der Waals surface area contributed by atoms with Crippen LogP contribution in [0.5, 0.6) is 17.2 Å². The van der Waals surface area contributed by atoms with Gasteiger partial charge in [-0.25, -0.2) is 4.79 Å². The highest BCUT2D eigenvalue weighted by atomic mass is 16.5. The minimum Gasteiger partial charge on any atom is -0.494 e. The fourth-order valence-corrected chi connectivity index (χ4v) is 3.72. The van der Waals surface area contributed by atoms with E-state index in [0.29, 0.717) is 17.9 Å². The molecule has 1 aliphatic heterocycles. The van der Waals surface area contributed by atoms with Crippen LogP contribution in [-0.2, 0) is 0 Å². The zero-order chi connectivity index (χ0) is 23.2. The number of ether oxygens (including phenoxy) is 3. The Kier molecular flexibility index (Phi) is 6.65. The molecule has 1 aromatic heterocycles. The molecule has 2 aromatic carbocycles. The fraction of sp³-hybridized carbons (Fsp3) is 0.231. The summed E-state index contributed by atoms with van der Waals surface area (Å²) in [4.78, 5) is 12.2. The van der Waals surface area contributed by atoms with Crippen LogP contribution in [0.3, 0.4) is 0 Å². The molecule has 2 heterocycles. The molecule has 0 amide bonds. The Hall–Kier alpha value is -4.18. The first-order valence-corrected chi connectivity index (χ1v) is 10.8. The van der Waals surface area contributed by atoms with Crippen LogP contribution in [0.2, 0.25) is 0 Å². The van der Waals surface area contributed by atoms with E-state index in [0.717, 1.165) is 36.1 Å². The van der Waals surface area contributed by atoms with Gasteiger partial charge in [0.15, 0.2) is 0 Å². The van der Waals surface area contributed by atoms with E-state index in [1.807, 2.05) is 24.3 Å². The number of benzene rings is 2. The van der Waals surface area contributed by atoms with Crippen molar-refractivity contribution in [2.45, 2.75) is 32.1 Å². The minimum absolute atomic E-state index is 0.0128. The van der Waals surface area contributed by atoms with Crippen LogP contribution in [0, 0.1) is 11.3 Å². The molecule has 7 heteroatoms. The molecule has 0 saturated carbocycles. The summed E-state index contributed by atoms with van der Waals surface area (Å²) in [7, 11) is 0. The number of nitrogens with two attached hydrogens (primary N) is 1. The number of esters is 1. The lowest BCUT2D eigenvalue weighted by Crippen LogP contribution is -2.21. The number of carbonyl (C=O) groups is 1. The van der Waals surface area contributed by atoms with Gasteiger partial charge in [-0.1, -0.05) is 38.0 Å². The predicted octanol–water partition coefficient (Wildman–Crippen LogP) is 5.29. The van der Waals surface area contributed by atoms with Gasteiger partial charge in [0, 0.05) is 11.6 Å². The van der Waals surface area contributed by atoms with Gasteiger partial charge in [-0.15, -0.1) is 0 Å². The molecule has 0 spiro atoms. The van der Waals surface area contributed by atoms with Crippen LogP contribution < -0.4 is 19.9 Å². The normalized spacial score (nSPS) is 14.7. The number of allylic oxidation sites excluding steroid dienone is 1. The van der Waals surface area contributed by atoms with E-state index in [2.05, 4.69) is 13.0 Å². The van der Waals surface area contributed by atoms with E-state index in [1.165, 1.54) is 12.3 Å². The summed E-state index contributed by atoms with van der Waals surface area (Å²) in [6.07, 6.45) is 4.61. The molecule has 0 saturated heterocycles. The molecule has 168 valence electrons. The number of hydrogen-bond acceptors (Lipinski definition) is 7. The highest BCUT2D eigenvalue weighted by molar-refractivity contribution is 5.88. The molecule has 4 rings (SSSR count). The van der Waals surface area contributed by atoms with Crippen molar-refractivity contribution in [3.05, 3.63) is 89.2 Å². The maximum Gasteiger partial charge on any atom is 0.379 e. The fourth-order valence-electron chi connectivity index (χ4n) is 3.72. The number of nitrogens with zero attached hydrogens (tertiary/aromatic N) is 1. The average molecular weight is 444 g/mol. The zero-order valence-electron chi connectivity index (χ0n) is 18.2. The van der Waals surface area contributed by atoms with Crippen molar-refractivity contribution >= 4 is 5.97 Å². The van der Waals surface area contributed by atoms with E-state index < -0.39 is 11.9 Å². The first-order chi connectivity index (χ1) is 16.1. The highest BCUT2D eigenvalue weighted by Crippen LogP contribution is 2.44. The van der Waals surface area contributed by atoms with Crippen LogP contribution in [0.1, 0.15) is 53.8 Å². The molecular weight excluding hydrogens is 420 g/mol. The zero-order valence-corrected chi connectivity index (χ0v) is 18.2. The molecule has 2 N–H and O–H groups in total. The lowest BCUT2D eigenvalue weighted by Gasteiger charge is -2.27. The summed E-state index contributed by atoms with van der Waals surface area (Å²) in [5.41, 5.74) is 8.00. The maximum absolute atomic E-state index is 12.2. The number of nitriles is 1. The van der Waals surface area contributed by atoms with Crippen LogP contribution >= 0.6 is 0 Å². The molecule has 0 aliphatic carbocycles. The van der Waals surface area contributed by atoms with Crippen molar-refractivity contribution in [2.24, 2.45) is 5.73 Å². The second-order valence-electron chi connectivity index (χ2n) is 7.62. The smallest absolute Gasteiger partial charge is 0.379 e. The summed E-state index contributed by atoms with van der Waals surface area (Å²) in [6.45, 7) is 2.78. The van der Waals surface area contributed by atoms with Crippen molar-refractivity contribution in [1.29, 1.82) is 5.26 Å². The Balaban J connectivity index is 1.63. The van der Waals surface area contributed by atoms with Gasteiger partial charge in [-0.3, -0.25) is 0 Å². The molecule has 33 heavy (non-hydrogen) atoms. The van der Waals surface area contributed by atoms with Gasteiger partial charge in [-0.2, -0.15) is 5.26 Å². The van der Waals surface area contributed by atoms with Crippen LogP contribution in [0.4, 0.5) is 0 Å². The lowest BCUT2D eigenvalue weighted by molar-refractivity contribution is 0.0701. The molecule has 0 radical (unpaired) electrons. The number of rotatable bonds is 8.